The summed E-state index contributed by atoms with van der Waals surface area (Å²) in [5.41, 5.74) is 3.29. The Morgan fingerprint density at radius 2 is 1.92 bits per heavy atom. The zero-order chi connectivity index (χ0) is 18.1. The molecule has 24 heavy (non-hydrogen) atoms. The summed E-state index contributed by atoms with van der Waals surface area (Å²) < 4.78 is 4.92. The van der Waals surface area contributed by atoms with Crippen LogP contribution in [0.1, 0.15) is 43.9 Å². The van der Waals surface area contributed by atoms with Crippen molar-refractivity contribution in [1.29, 1.82) is 0 Å². The van der Waals surface area contributed by atoms with E-state index in [-0.39, 0.29) is 11.9 Å². The Morgan fingerprint density at radius 3 is 2.54 bits per heavy atom. The predicted octanol–water partition coefficient (Wildman–Crippen LogP) is 3.12. The van der Waals surface area contributed by atoms with Gasteiger partial charge < -0.3 is 15.4 Å². The minimum absolute atomic E-state index is 0.0388. The first kappa shape index (κ1) is 20.0. The number of carbonyl (C=O) groups is 2. The monoisotopic (exact) mass is 334 g/mol. The Morgan fingerprint density at radius 1 is 1.21 bits per heavy atom. The molecule has 0 saturated carbocycles. The van der Waals surface area contributed by atoms with Crippen LogP contribution in [0.15, 0.2) is 18.2 Å². The van der Waals surface area contributed by atoms with Gasteiger partial charge in [0.1, 0.15) is 0 Å². The Balaban J connectivity index is 2.56. The normalized spacial score (nSPS) is 11.9. The molecule has 0 radical (unpaired) electrons. The molecule has 0 heterocycles. The van der Waals surface area contributed by atoms with Crippen molar-refractivity contribution in [2.24, 2.45) is 5.92 Å². The highest BCUT2D eigenvalue weighted by Gasteiger charge is 2.16. The smallest absolute Gasteiger partial charge is 0.407 e. The van der Waals surface area contributed by atoms with Gasteiger partial charge in [0.25, 0.3) is 0 Å². The molecule has 1 aromatic carbocycles. The third-order valence-corrected chi connectivity index (χ3v) is 3.75. The number of hydrogen-bond donors (Lipinski definition) is 2. The van der Waals surface area contributed by atoms with Crippen molar-refractivity contribution in [3.8, 4) is 0 Å². The molecule has 0 aromatic heterocycles. The van der Waals surface area contributed by atoms with E-state index >= 15 is 0 Å². The molecular weight excluding hydrogens is 304 g/mol. The highest BCUT2D eigenvalue weighted by molar-refractivity contribution is 5.79. The second kappa shape index (κ2) is 9.96. The molecule has 1 unspecified atom stereocenters. The molecule has 0 aliphatic carbocycles. The number of nitrogens with one attached hydrogen (secondary N) is 2. The summed E-state index contributed by atoms with van der Waals surface area (Å²) >= 11 is 0. The lowest BCUT2D eigenvalue weighted by atomic mass is 10.0. The van der Waals surface area contributed by atoms with Crippen molar-refractivity contribution >= 4 is 12.0 Å². The fraction of sp³-hybridized carbons (Fsp3) is 0.579. The quantitative estimate of drug-likeness (QED) is 0.767. The topological polar surface area (TPSA) is 67.4 Å². The summed E-state index contributed by atoms with van der Waals surface area (Å²) in [5.74, 6) is 0.371. The number of hydrogen-bond acceptors (Lipinski definition) is 3. The molecule has 2 amide bonds. The molecule has 0 fully saturated rings. The zero-order valence-electron chi connectivity index (χ0n) is 15.4. The number of carbonyl (C=O) groups excluding carboxylic acids is 2. The molecule has 1 aromatic rings. The second-order valence-electron chi connectivity index (χ2n) is 6.60. The zero-order valence-corrected chi connectivity index (χ0v) is 15.4. The fourth-order valence-corrected chi connectivity index (χ4v) is 2.56. The van der Waals surface area contributed by atoms with Crippen molar-refractivity contribution in [3.63, 3.8) is 0 Å². The highest BCUT2D eigenvalue weighted by atomic mass is 16.5. The van der Waals surface area contributed by atoms with Gasteiger partial charge in [0.15, 0.2) is 0 Å². The van der Waals surface area contributed by atoms with Crippen molar-refractivity contribution in [1.82, 2.24) is 10.6 Å². The maximum absolute atomic E-state index is 12.2. The van der Waals surface area contributed by atoms with Crippen LogP contribution in [0.2, 0.25) is 0 Å². The third-order valence-electron chi connectivity index (χ3n) is 3.75. The molecule has 1 rings (SSSR count). The lowest BCUT2D eigenvalue weighted by Crippen LogP contribution is -2.45. The van der Waals surface area contributed by atoms with Gasteiger partial charge in [0.05, 0.1) is 13.0 Å². The van der Waals surface area contributed by atoms with Gasteiger partial charge in [-0.3, -0.25) is 4.79 Å². The molecule has 5 heteroatoms. The number of alkyl carbamates (subject to hydrolysis) is 1. The van der Waals surface area contributed by atoms with Gasteiger partial charge in [-0.2, -0.15) is 0 Å². The number of amides is 2. The van der Waals surface area contributed by atoms with Crippen LogP contribution in [0.4, 0.5) is 4.79 Å². The Hall–Kier alpha value is -2.04. The lowest BCUT2D eigenvalue weighted by Gasteiger charge is -2.21. The van der Waals surface area contributed by atoms with Crippen LogP contribution in [0.3, 0.4) is 0 Å². The van der Waals surface area contributed by atoms with E-state index in [2.05, 4.69) is 24.5 Å². The van der Waals surface area contributed by atoms with E-state index in [9.17, 15) is 9.59 Å². The third kappa shape index (κ3) is 7.49. The summed E-state index contributed by atoms with van der Waals surface area (Å²) in [6, 6.07) is 5.98. The predicted molar refractivity (Wildman–Crippen MR) is 96.0 cm³/mol. The van der Waals surface area contributed by atoms with Crippen LogP contribution in [0.5, 0.6) is 0 Å². The Labute approximate surface area is 145 Å². The maximum Gasteiger partial charge on any atom is 0.407 e. The highest BCUT2D eigenvalue weighted by Crippen LogP contribution is 2.11. The van der Waals surface area contributed by atoms with Crippen LogP contribution in [0.25, 0.3) is 0 Å². The average molecular weight is 334 g/mol. The number of aryl methyl sites for hydroxylation is 2. The maximum atomic E-state index is 12.2. The van der Waals surface area contributed by atoms with Gasteiger partial charge in [0.2, 0.25) is 5.91 Å². The van der Waals surface area contributed by atoms with Crippen LogP contribution in [-0.2, 0) is 16.0 Å². The molecule has 0 aliphatic rings. The average Bonchev–Trinajstić information content (AvgIpc) is 2.48. The Bertz CT molecular complexity index is 556. The van der Waals surface area contributed by atoms with Gasteiger partial charge in [-0.15, -0.1) is 0 Å². The van der Waals surface area contributed by atoms with E-state index in [1.54, 1.807) is 6.92 Å². The molecule has 134 valence electrons. The van der Waals surface area contributed by atoms with Gasteiger partial charge in [0, 0.05) is 12.6 Å². The minimum atomic E-state index is -0.438. The van der Waals surface area contributed by atoms with Crippen molar-refractivity contribution in [3.05, 3.63) is 34.9 Å². The van der Waals surface area contributed by atoms with Gasteiger partial charge in [-0.1, -0.05) is 37.6 Å². The standard InChI is InChI=1S/C19H30N2O3/c1-6-24-19(23)21-17(9-13(2)3)12-20-18(22)11-16-10-14(4)7-8-15(16)5/h7-8,10,13,17H,6,9,11-12H2,1-5H3,(H,20,22)(H,21,23). The molecule has 0 bridgehead atoms. The first-order valence-electron chi connectivity index (χ1n) is 8.57. The van der Waals surface area contributed by atoms with Crippen molar-refractivity contribution < 1.29 is 14.3 Å². The summed E-state index contributed by atoms with van der Waals surface area (Å²) in [7, 11) is 0. The largest absolute Gasteiger partial charge is 0.450 e. The summed E-state index contributed by atoms with van der Waals surface area (Å²) in [6.45, 7) is 10.7. The minimum Gasteiger partial charge on any atom is -0.450 e. The van der Waals surface area contributed by atoms with Crippen LogP contribution in [0, 0.1) is 19.8 Å². The van der Waals surface area contributed by atoms with E-state index in [0.29, 0.717) is 25.5 Å². The van der Waals surface area contributed by atoms with E-state index in [1.807, 2.05) is 32.0 Å². The van der Waals surface area contributed by atoms with Crippen molar-refractivity contribution in [2.45, 2.75) is 53.5 Å². The molecule has 2 N–H and O–H groups in total. The van der Waals surface area contributed by atoms with E-state index < -0.39 is 6.09 Å². The molecule has 0 spiro atoms. The van der Waals surface area contributed by atoms with E-state index in [4.69, 9.17) is 4.74 Å². The first-order valence-corrected chi connectivity index (χ1v) is 8.57. The van der Waals surface area contributed by atoms with Crippen LogP contribution in [-0.4, -0.2) is 31.2 Å². The SMILES string of the molecule is CCOC(=O)NC(CNC(=O)Cc1cc(C)ccc1C)CC(C)C. The summed E-state index contributed by atoms with van der Waals surface area (Å²) in [5, 5.41) is 5.73. The molecule has 1 atom stereocenters. The Kier molecular flexibility index (Phi) is 8.30. The number of rotatable bonds is 8. The summed E-state index contributed by atoms with van der Waals surface area (Å²) in [6.07, 6.45) is 0.691. The van der Waals surface area contributed by atoms with E-state index in [1.165, 1.54) is 0 Å². The molecule has 0 aliphatic heterocycles. The van der Waals surface area contributed by atoms with Crippen LogP contribution < -0.4 is 10.6 Å². The van der Waals surface area contributed by atoms with Gasteiger partial charge >= 0.3 is 6.09 Å². The van der Waals surface area contributed by atoms with Gasteiger partial charge in [-0.05, 0) is 44.2 Å². The second-order valence-corrected chi connectivity index (χ2v) is 6.60. The first-order chi connectivity index (χ1) is 11.3. The molecule has 5 nitrogen and oxygen atoms in total. The fourth-order valence-electron chi connectivity index (χ4n) is 2.56. The lowest BCUT2D eigenvalue weighted by molar-refractivity contribution is -0.120. The summed E-state index contributed by atoms with van der Waals surface area (Å²) in [4.78, 5) is 23.8. The molecular formula is C19H30N2O3. The molecule has 0 saturated heterocycles. The van der Waals surface area contributed by atoms with Crippen molar-refractivity contribution in [2.75, 3.05) is 13.2 Å². The van der Waals surface area contributed by atoms with Gasteiger partial charge in [-0.25, -0.2) is 4.79 Å². The van der Waals surface area contributed by atoms with Crippen LogP contribution >= 0.6 is 0 Å². The number of ether oxygens (including phenoxy) is 1. The van der Waals surface area contributed by atoms with E-state index in [0.717, 1.165) is 23.1 Å². The number of benzene rings is 1.